The van der Waals surface area contributed by atoms with Crippen LogP contribution in [0, 0.1) is 6.92 Å². The smallest absolute Gasteiger partial charge is 0.550 e. The molecule has 0 aromatic carbocycles. The fourth-order valence-electron chi connectivity index (χ4n) is 3.42. The number of carbonyl (C=O) groups excluding carboxylic acids is 2. The van der Waals surface area contributed by atoms with Gasteiger partial charge < -0.3 is 31.5 Å². The number of ether oxygens (including phenoxy) is 1. The van der Waals surface area contributed by atoms with E-state index in [2.05, 4.69) is 13.8 Å². The van der Waals surface area contributed by atoms with Crippen molar-refractivity contribution >= 4 is 22.1 Å². The fraction of sp³-hybridized carbons (Fsp3) is 0.880. The second kappa shape index (κ2) is 37.7. The Hall–Kier alpha value is 3.72. The van der Waals surface area contributed by atoms with Gasteiger partial charge in [-0.15, -0.1) is 0 Å². The third-order valence-corrected chi connectivity index (χ3v) is 6.48. The summed E-state index contributed by atoms with van der Waals surface area (Å²) in [6, 6.07) is 0. The summed E-state index contributed by atoms with van der Waals surface area (Å²) in [6.07, 6.45) is 22.4. The number of rotatable bonds is 23. The number of hydrogen-bond acceptors (Lipinski definition) is 7. The van der Waals surface area contributed by atoms with Gasteiger partial charge in [0.15, 0.2) is 0 Å². The zero-order chi connectivity index (χ0) is 26.1. The molecule has 1 N–H and O–H groups in total. The molecule has 0 aliphatic heterocycles. The fourth-order valence-corrected chi connectivity index (χ4v) is 4.01. The van der Waals surface area contributed by atoms with Crippen molar-refractivity contribution in [1.29, 1.82) is 0 Å². The normalized spacial score (nSPS) is 11.1. The third-order valence-electron chi connectivity index (χ3n) is 5.41. The Morgan fingerprint density at radius 1 is 0.730 bits per heavy atom. The van der Waals surface area contributed by atoms with Crippen molar-refractivity contribution in [3.05, 3.63) is 6.92 Å². The van der Waals surface area contributed by atoms with E-state index in [9.17, 15) is 28.2 Å². The maximum Gasteiger partial charge on any atom is 1.00 e. The Morgan fingerprint density at radius 2 is 1.08 bits per heavy atom. The van der Waals surface area contributed by atoms with Crippen molar-refractivity contribution in [3.63, 3.8) is 0 Å². The minimum atomic E-state index is -4.94. The van der Waals surface area contributed by atoms with Crippen LogP contribution in [0.15, 0.2) is 0 Å². The van der Waals surface area contributed by atoms with Gasteiger partial charge in [0.05, 0.1) is 5.97 Å². The molecule has 37 heavy (non-hydrogen) atoms. The number of unbranched alkanes of at least 4 members (excludes halogenated alkanes) is 15. The SMILES string of the molecule is O=C([O-])CC(C(=O)[O-])S(=O)(=O)O.[CH2-]CCOCCCCCCCCCCCCCCCCCC.[K+].[K+].[K+]. The van der Waals surface area contributed by atoms with Gasteiger partial charge in [0.2, 0.25) is 0 Å². The average Bonchev–Trinajstić information content (AvgIpc) is 2.76. The molecule has 0 heterocycles. The van der Waals surface area contributed by atoms with Crippen LogP contribution in [0.2, 0.25) is 0 Å². The number of aliphatic carboxylic acids is 2. The van der Waals surface area contributed by atoms with Gasteiger partial charge in [0.25, 0.3) is 10.1 Å². The summed E-state index contributed by atoms with van der Waals surface area (Å²) in [5.74, 6) is -4.08. The molecule has 12 heteroatoms. The first-order valence-electron chi connectivity index (χ1n) is 12.9. The Labute approximate surface area is 354 Å². The van der Waals surface area contributed by atoms with Crippen LogP contribution >= 0.6 is 0 Å². The van der Waals surface area contributed by atoms with Crippen molar-refractivity contribution in [3.8, 4) is 0 Å². The van der Waals surface area contributed by atoms with Crippen LogP contribution in [0.5, 0.6) is 0 Å². The minimum Gasteiger partial charge on any atom is -0.550 e. The van der Waals surface area contributed by atoms with E-state index >= 15 is 0 Å². The topological polar surface area (TPSA) is 144 Å². The van der Waals surface area contributed by atoms with E-state index in [1.54, 1.807) is 0 Å². The molecule has 8 nitrogen and oxygen atoms in total. The molecule has 0 aromatic heterocycles. The predicted octanol–water partition coefficient (Wildman–Crippen LogP) is -5.37. The van der Waals surface area contributed by atoms with Gasteiger partial charge in [0, 0.05) is 25.6 Å². The molecule has 0 radical (unpaired) electrons. The van der Waals surface area contributed by atoms with Crippen LogP contribution in [-0.4, -0.2) is 43.4 Å². The number of carbonyl (C=O) groups is 2. The molecule has 0 spiro atoms. The van der Waals surface area contributed by atoms with Crippen molar-refractivity contribution < 1.29 is 192 Å². The first kappa shape index (κ1) is 50.3. The standard InChI is InChI=1S/C21H43O.C4H6O7S.3K/c1-3-5-6-7-8-9-10-11-12-13-14-15-16-17-18-19-21-22-20-4-2;5-3(6)1-2(4(7)8)12(9,10)11;;;/h2-21H2,1H3;2H,1H2,(H,5,6)(H,7,8)(H,9,10,11);;;/q-1;;3*+1/p-2. The van der Waals surface area contributed by atoms with Crippen LogP contribution in [-0.2, 0) is 24.4 Å². The molecular weight excluding hydrogens is 578 g/mol. The number of carboxylic acid groups (broad SMARTS) is 2. The molecule has 1 atom stereocenters. The van der Waals surface area contributed by atoms with E-state index in [1.165, 1.54) is 103 Å². The second-order valence-electron chi connectivity index (χ2n) is 8.67. The van der Waals surface area contributed by atoms with Crippen molar-refractivity contribution in [2.75, 3.05) is 13.2 Å². The molecule has 0 aliphatic rings. The van der Waals surface area contributed by atoms with Crippen LogP contribution in [0.25, 0.3) is 0 Å². The number of hydrogen-bond donors (Lipinski definition) is 1. The van der Waals surface area contributed by atoms with Gasteiger partial charge in [0.1, 0.15) is 5.25 Å². The first-order valence-corrected chi connectivity index (χ1v) is 14.4. The van der Waals surface area contributed by atoms with Crippen molar-refractivity contribution in [2.24, 2.45) is 0 Å². The van der Waals surface area contributed by atoms with E-state index in [1.807, 2.05) is 0 Å². The van der Waals surface area contributed by atoms with Crippen molar-refractivity contribution in [2.45, 2.75) is 128 Å². The van der Waals surface area contributed by atoms with E-state index < -0.39 is 33.7 Å². The Kier molecular flexibility index (Phi) is 51.4. The zero-order valence-corrected chi connectivity index (χ0v) is 34.3. The molecule has 0 saturated heterocycles. The largest absolute Gasteiger partial charge is 1.00 e. The van der Waals surface area contributed by atoms with Crippen molar-refractivity contribution in [1.82, 2.24) is 0 Å². The summed E-state index contributed by atoms with van der Waals surface area (Å²) in [4.78, 5) is 19.7. The first-order chi connectivity index (χ1) is 16.2. The maximum atomic E-state index is 10.2. The minimum absolute atomic E-state index is 0. The summed E-state index contributed by atoms with van der Waals surface area (Å²) < 4.78 is 33.9. The molecule has 0 aliphatic carbocycles. The summed E-state index contributed by atoms with van der Waals surface area (Å²) in [6.45, 7) is 7.84. The Balaban J connectivity index is -0.000000196. The molecular formula is C25H47K3O8S. The van der Waals surface area contributed by atoms with Gasteiger partial charge >= 0.3 is 154 Å². The average molecular weight is 625 g/mol. The van der Waals surface area contributed by atoms with Crippen LogP contribution in [0.1, 0.15) is 122 Å². The molecule has 0 rings (SSSR count). The van der Waals surface area contributed by atoms with Crippen LogP contribution < -0.4 is 164 Å². The Bertz CT molecular complexity index is 572. The van der Waals surface area contributed by atoms with Gasteiger partial charge in [-0.25, -0.2) is 0 Å². The third kappa shape index (κ3) is 41.9. The van der Waals surface area contributed by atoms with Gasteiger partial charge in [-0.2, -0.15) is 14.8 Å². The van der Waals surface area contributed by atoms with Gasteiger partial charge in [-0.3, -0.25) is 4.55 Å². The van der Waals surface area contributed by atoms with E-state index in [4.69, 9.17) is 9.29 Å². The summed E-state index contributed by atoms with van der Waals surface area (Å²) in [5.41, 5.74) is 0. The zero-order valence-electron chi connectivity index (χ0n) is 24.1. The summed E-state index contributed by atoms with van der Waals surface area (Å²) in [7, 11) is -4.94. The van der Waals surface area contributed by atoms with Gasteiger partial charge in [-0.1, -0.05) is 103 Å². The molecule has 0 amide bonds. The molecule has 0 saturated carbocycles. The van der Waals surface area contributed by atoms with Gasteiger partial charge in [-0.05, 0) is 6.42 Å². The monoisotopic (exact) mass is 624 g/mol. The van der Waals surface area contributed by atoms with E-state index in [0.717, 1.165) is 19.6 Å². The maximum absolute atomic E-state index is 10.2. The van der Waals surface area contributed by atoms with Crippen LogP contribution in [0.4, 0.5) is 0 Å². The molecule has 0 aromatic rings. The summed E-state index contributed by atoms with van der Waals surface area (Å²) >= 11 is 0. The number of carboxylic acids is 2. The molecule has 1 unspecified atom stereocenters. The second-order valence-corrected chi connectivity index (χ2v) is 10.3. The quantitative estimate of drug-likeness (QED) is 0.0514. The molecule has 0 bridgehead atoms. The molecule has 0 fully saturated rings. The van der Waals surface area contributed by atoms with E-state index in [-0.39, 0.29) is 154 Å². The van der Waals surface area contributed by atoms with E-state index in [0.29, 0.717) is 0 Å². The van der Waals surface area contributed by atoms with Crippen LogP contribution in [0.3, 0.4) is 0 Å². The summed E-state index contributed by atoms with van der Waals surface area (Å²) in [5, 5.41) is 17.3. The molecule has 204 valence electrons. The predicted molar refractivity (Wildman–Crippen MR) is 130 cm³/mol. The Morgan fingerprint density at radius 3 is 1.32 bits per heavy atom.